The van der Waals surface area contributed by atoms with Crippen molar-refractivity contribution in [2.24, 2.45) is 0 Å². The van der Waals surface area contributed by atoms with Crippen molar-refractivity contribution in [1.82, 2.24) is 10.2 Å². The van der Waals surface area contributed by atoms with Crippen LogP contribution in [0, 0.1) is 0 Å². The second kappa shape index (κ2) is 4.58. The Morgan fingerprint density at radius 2 is 2.38 bits per heavy atom. The molecule has 2 unspecified atom stereocenters. The number of carboxylic acids is 1. The van der Waals surface area contributed by atoms with E-state index in [0.29, 0.717) is 12.1 Å². The smallest absolute Gasteiger partial charge is 0.317 e. The summed E-state index contributed by atoms with van der Waals surface area (Å²) in [4.78, 5) is 12.6. The monoisotopic (exact) mass is 186 g/mol. The second-order valence-electron chi connectivity index (χ2n) is 3.71. The number of carboxylic acid groups (broad SMARTS) is 1. The summed E-state index contributed by atoms with van der Waals surface area (Å²) in [5.41, 5.74) is 0. The third-order valence-electron chi connectivity index (χ3n) is 2.70. The number of rotatable bonds is 4. The van der Waals surface area contributed by atoms with E-state index in [1.165, 1.54) is 0 Å². The highest BCUT2D eigenvalue weighted by Crippen LogP contribution is 2.17. The van der Waals surface area contributed by atoms with E-state index in [1.807, 2.05) is 0 Å². The van der Waals surface area contributed by atoms with Gasteiger partial charge in [-0.1, -0.05) is 6.92 Å². The van der Waals surface area contributed by atoms with E-state index in [9.17, 15) is 4.79 Å². The van der Waals surface area contributed by atoms with Gasteiger partial charge in [0.25, 0.3) is 0 Å². The molecule has 0 aromatic carbocycles. The van der Waals surface area contributed by atoms with Gasteiger partial charge in [0.15, 0.2) is 0 Å². The maximum absolute atomic E-state index is 10.3. The van der Waals surface area contributed by atoms with Gasteiger partial charge in [0.2, 0.25) is 0 Å². The maximum atomic E-state index is 10.3. The molecule has 0 aromatic heterocycles. The quantitative estimate of drug-likeness (QED) is 0.656. The number of nitrogens with one attached hydrogen (secondary N) is 1. The van der Waals surface area contributed by atoms with Crippen molar-refractivity contribution >= 4 is 5.97 Å². The van der Waals surface area contributed by atoms with Crippen LogP contribution in [-0.4, -0.2) is 48.2 Å². The Balaban J connectivity index is 2.27. The molecular formula is C9H18N2O2. The molecule has 76 valence electrons. The predicted octanol–water partition coefficient (Wildman–Crippen LogP) is 0.143. The highest BCUT2D eigenvalue weighted by Gasteiger charge is 2.27. The molecule has 2 atom stereocenters. The van der Waals surface area contributed by atoms with Crippen LogP contribution in [-0.2, 0) is 4.79 Å². The first kappa shape index (κ1) is 10.5. The van der Waals surface area contributed by atoms with Crippen molar-refractivity contribution in [3.8, 4) is 0 Å². The number of aliphatic carboxylic acids is 1. The van der Waals surface area contributed by atoms with Crippen molar-refractivity contribution in [2.75, 3.05) is 20.1 Å². The van der Waals surface area contributed by atoms with Gasteiger partial charge in [-0.3, -0.25) is 4.79 Å². The lowest BCUT2D eigenvalue weighted by Crippen LogP contribution is -2.35. The van der Waals surface area contributed by atoms with E-state index >= 15 is 0 Å². The molecule has 0 saturated carbocycles. The van der Waals surface area contributed by atoms with E-state index in [2.05, 4.69) is 24.2 Å². The fraction of sp³-hybridized carbons (Fsp3) is 0.889. The van der Waals surface area contributed by atoms with Crippen LogP contribution >= 0.6 is 0 Å². The number of hydrogen-bond donors (Lipinski definition) is 2. The van der Waals surface area contributed by atoms with E-state index in [-0.39, 0.29) is 6.54 Å². The minimum Gasteiger partial charge on any atom is -0.480 e. The Kier molecular flexibility index (Phi) is 3.69. The standard InChI is InChI=1S/C9H18N2O2/c1-3-8-4-7(6-11(8)2)10-5-9(12)13/h7-8,10H,3-6H2,1-2H3,(H,12,13). The SMILES string of the molecule is CCC1CC(NCC(=O)O)CN1C. The van der Waals surface area contributed by atoms with E-state index < -0.39 is 5.97 Å². The fourth-order valence-electron chi connectivity index (χ4n) is 1.94. The van der Waals surface area contributed by atoms with Crippen molar-refractivity contribution in [1.29, 1.82) is 0 Å². The van der Waals surface area contributed by atoms with E-state index in [0.717, 1.165) is 19.4 Å². The van der Waals surface area contributed by atoms with Crippen LogP contribution in [0.15, 0.2) is 0 Å². The summed E-state index contributed by atoms with van der Waals surface area (Å²) < 4.78 is 0. The van der Waals surface area contributed by atoms with Crippen LogP contribution in [0.1, 0.15) is 19.8 Å². The van der Waals surface area contributed by atoms with Crippen molar-refractivity contribution in [3.63, 3.8) is 0 Å². The van der Waals surface area contributed by atoms with Crippen LogP contribution < -0.4 is 5.32 Å². The van der Waals surface area contributed by atoms with Crippen LogP contribution in [0.25, 0.3) is 0 Å². The summed E-state index contributed by atoms with van der Waals surface area (Å²) in [5.74, 6) is -0.775. The predicted molar refractivity (Wildman–Crippen MR) is 50.8 cm³/mol. The molecule has 1 aliphatic heterocycles. The van der Waals surface area contributed by atoms with E-state index in [1.54, 1.807) is 0 Å². The molecule has 1 aliphatic rings. The van der Waals surface area contributed by atoms with Gasteiger partial charge in [0.05, 0.1) is 6.54 Å². The molecule has 4 heteroatoms. The zero-order valence-corrected chi connectivity index (χ0v) is 8.29. The summed E-state index contributed by atoms with van der Waals surface area (Å²) in [6, 6.07) is 0.970. The van der Waals surface area contributed by atoms with Gasteiger partial charge < -0.3 is 15.3 Å². The molecule has 1 rings (SSSR count). The van der Waals surface area contributed by atoms with Crippen molar-refractivity contribution in [3.05, 3.63) is 0 Å². The van der Waals surface area contributed by atoms with E-state index in [4.69, 9.17) is 5.11 Å². The molecule has 0 aromatic rings. The summed E-state index contributed by atoms with van der Waals surface area (Å²) >= 11 is 0. The molecule has 0 bridgehead atoms. The summed E-state index contributed by atoms with van der Waals surface area (Å²) in [6.45, 7) is 3.21. The van der Waals surface area contributed by atoms with Gasteiger partial charge in [0.1, 0.15) is 0 Å². The Labute approximate surface area is 78.9 Å². The lowest BCUT2D eigenvalue weighted by atomic mass is 10.1. The lowest BCUT2D eigenvalue weighted by molar-refractivity contribution is -0.136. The first-order chi connectivity index (χ1) is 6.13. The molecular weight excluding hydrogens is 168 g/mol. The molecule has 13 heavy (non-hydrogen) atoms. The zero-order valence-electron chi connectivity index (χ0n) is 8.29. The number of likely N-dealkylation sites (tertiary alicyclic amines) is 1. The molecule has 0 spiro atoms. The molecule has 1 heterocycles. The number of nitrogens with zero attached hydrogens (tertiary/aromatic N) is 1. The Morgan fingerprint density at radius 1 is 1.69 bits per heavy atom. The average Bonchev–Trinajstić information content (AvgIpc) is 2.43. The molecule has 0 radical (unpaired) electrons. The molecule has 0 aliphatic carbocycles. The first-order valence-corrected chi connectivity index (χ1v) is 4.79. The van der Waals surface area contributed by atoms with Crippen molar-refractivity contribution < 1.29 is 9.90 Å². The van der Waals surface area contributed by atoms with Crippen LogP contribution in [0.5, 0.6) is 0 Å². The summed E-state index contributed by atoms with van der Waals surface area (Å²) in [6.07, 6.45) is 2.21. The minimum atomic E-state index is -0.775. The topological polar surface area (TPSA) is 52.6 Å². The molecule has 1 saturated heterocycles. The number of carbonyl (C=O) groups is 1. The third-order valence-corrected chi connectivity index (χ3v) is 2.70. The highest BCUT2D eigenvalue weighted by molar-refractivity contribution is 5.69. The normalized spacial score (nSPS) is 29.4. The van der Waals surface area contributed by atoms with Crippen LogP contribution in [0.2, 0.25) is 0 Å². The van der Waals surface area contributed by atoms with Gasteiger partial charge in [-0.05, 0) is 19.9 Å². The second-order valence-corrected chi connectivity index (χ2v) is 3.71. The van der Waals surface area contributed by atoms with Crippen LogP contribution in [0.3, 0.4) is 0 Å². The lowest BCUT2D eigenvalue weighted by Gasteiger charge is -2.15. The zero-order chi connectivity index (χ0) is 9.84. The van der Waals surface area contributed by atoms with Gasteiger partial charge in [-0.15, -0.1) is 0 Å². The number of likely N-dealkylation sites (N-methyl/N-ethyl adjacent to an activating group) is 1. The molecule has 2 N–H and O–H groups in total. The third kappa shape index (κ3) is 2.97. The summed E-state index contributed by atoms with van der Waals surface area (Å²) in [5, 5.41) is 11.5. The summed E-state index contributed by atoms with van der Waals surface area (Å²) in [7, 11) is 2.09. The minimum absolute atomic E-state index is 0.0783. The molecule has 1 fully saturated rings. The Hall–Kier alpha value is -0.610. The average molecular weight is 186 g/mol. The van der Waals surface area contributed by atoms with Gasteiger partial charge >= 0.3 is 5.97 Å². The Bertz CT molecular complexity index is 184. The molecule has 0 amide bonds. The van der Waals surface area contributed by atoms with Gasteiger partial charge in [0, 0.05) is 18.6 Å². The van der Waals surface area contributed by atoms with Gasteiger partial charge in [-0.2, -0.15) is 0 Å². The maximum Gasteiger partial charge on any atom is 0.317 e. The van der Waals surface area contributed by atoms with Gasteiger partial charge in [-0.25, -0.2) is 0 Å². The highest BCUT2D eigenvalue weighted by atomic mass is 16.4. The largest absolute Gasteiger partial charge is 0.480 e. The Morgan fingerprint density at radius 3 is 2.85 bits per heavy atom. The fourth-order valence-corrected chi connectivity index (χ4v) is 1.94. The molecule has 4 nitrogen and oxygen atoms in total. The van der Waals surface area contributed by atoms with Crippen LogP contribution in [0.4, 0.5) is 0 Å². The number of hydrogen-bond acceptors (Lipinski definition) is 3. The van der Waals surface area contributed by atoms with Crippen molar-refractivity contribution in [2.45, 2.75) is 31.8 Å². The first-order valence-electron chi connectivity index (χ1n) is 4.79.